The summed E-state index contributed by atoms with van der Waals surface area (Å²) in [6, 6.07) is 14.6. The number of methoxy groups -OCH3 is 1. The van der Waals surface area contributed by atoms with Crippen LogP contribution in [0.3, 0.4) is 0 Å². The maximum Gasteiger partial charge on any atom is 0.344 e. The number of nitrogens with zero attached hydrogens (tertiary/aromatic N) is 1. The average molecular weight is 412 g/mol. The lowest BCUT2D eigenvalue weighted by molar-refractivity contribution is -0.149. The topological polar surface area (TPSA) is 77.1 Å². The number of ether oxygens (including phenoxy) is 3. The highest BCUT2D eigenvalue weighted by Gasteiger charge is 2.11. The van der Waals surface area contributed by atoms with E-state index in [1.807, 2.05) is 24.3 Å². The Morgan fingerprint density at radius 2 is 1.50 bits per heavy atom. The van der Waals surface area contributed by atoms with Crippen molar-refractivity contribution in [3.63, 3.8) is 0 Å². The third-order valence-electron chi connectivity index (χ3n) is 4.90. The highest BCUT2D eigenvalue weighted by molar-refractivity contribution is 5.93. The van der Waals surface area contributed by atoms with Crippen molar-refractivity contribution in [3.8, 4) is 11.5 Å². The Kier molecular flexibility index (Phi) is 7.94. The molecule has 0 saturated carbocycles. The standard InChI is InChI=1S/C23H28N2O5/c1-28-20-10-12-21(13-11-20)29-17-23(27)30-16-22(26)24-18-6-8-19(9-7-18)25-14-4-2-3-5-15-25/h6-13H,2-5,14-17H2,1H3,(H,24,26). The molecular formula is C23H28N2O5. The molecule has 7 heteroatoms. The quantitative estimate of drug-likeness (QED) is 0.667. The van der Waals surface area contributed by atoms with Gasteiger partial charge in [0.2, 0.25) is 0 Å². The number of esters is 1. The highest BCUT2D eigenvalue weighted by Crippen LogP contribution is 2.21. The first kappa shape index (κ1) is 21.5. The molecule has 2 aromatic carbocycles. The van der Waals surface area contributed by atoms with Gasteiger partial charge in [0.1, 0.15) is 11.5 Å². The molecular weight excluding hydrogens is 384 g/mol. The molecule has 0 aliphatic carbocycles. The van der Waals surface area contributed by atoms with Gasteiger partial charge < -0.3 is 24.4 Å². The van der Waals surface area contributed by atoms with E-state index in [-0.39, 0.29) is 13.2 Å². The predicted octanol–water partition coefficient (Wildman–Crippen LogP) is 3.64. The van der Waals surface area contributed by atoms with Crippen LogP contribution in [0.25, 0.3) is 0 Å². The molecule has 1 aliphatic heterocycles. The van der Waals surface area contributed by atoms with Crippen molar-refractivity contribution in [2.75, 3.05) is 43.6 Å². The van der Waals surface area contributed by atoms with E-state index < -0.39 is 11.9 Å². The number of carbonyl (C=O) groups is 2. The Balaban J connectivity index is 1.38. The molecule has 0 spiro atoms. The minimum Gasteiger partial charge on any atom is -0.497 e. The predicted molar refractivity (Wildman–Crippen MR) is 115 cm³/mol. The first-order valence-corrected chi connectivity index (χ1v) is 10.2. The van der Waals surface area contributed by atoms with Crippen LogP contribution >= 0.6 is 0 Å². The molecule has 7 nitrogen and oxygen atoms in total. The van der Waals surface area contributed by atoms with Crippen LogP contribution < -0.4 is 19.7 Å². The molecule has 1 fully saturated rings. The summed E-state index contributed by atoms with van der Waals surface area (Å²) in [4.78, 5) is 26.2. The van der Waals surface area contributed by atoms with Crippen LogP contribution in [0.5, 0.6) is 11.5 Å². The van der Waals surface area contributed by atoms with Crippen molar-refractivity contribution < 1.29 is 23.8 Å². The Bertz CT molecular complexity index is 812. The van der Waals surface area contributed by atoms with Crippen molar-refractivity contribution in [1.29, 1.82) is 0 Å². The molecule has 1 saturated heterocycles. The fraction of sp³-hybridized carbons (Fsp3) is 0.391. The van der Waals surface area contributed by atoms with Crippen molar-refractivity contribution in [2.45, 2.75) is 25.7 Å². The van der Waals surface area contributed by atoms with Crippen LogP contribution in [-0.4, -0.2) is 45.3 Å². The summed E-state index contributed by atoms with van der Waals surface area (Å²) >= 11 is 0. The van der Waals surface area contributed by atoms with Crippen molar-refractivity contribution in [1.82, 2.24) is 0 Å². The molecule has 1 aliphatic rings. The number of hydrogen-bond donors (Lipinski definition) is 1. The van der Waals surface area contributed by atoms with Crippen LogP contribution in [0.1, 0.15) is 25.7 Å². The zero-order chi connectivity index (χ0) is 21.2. The van der Waals surface area contributed by atoms with Crippen molar-refractivity contribution >= 4 is 23.3 Å². The lowest BCUT2D eigenvalue weighted by Gasteiger charge is -2.22. The Hall–Kier alpha value is -3.22. The van der Waals surface area contributed by atoms with Gasteiger partial charge in [0.25, 0.3) is 5.91 Å². The zero-order valence-corrected chi connectivity index (χ0v) is 17.3. The summed E-state index contributed by atoms with van der Waals surface area (Å²) in [6.45, 7) is 1.50. The second kappa shape index (κ2) is 11.1. The van der Waals surface area contributed by atoms with Crippen molar-refractivity contribution in [2.24, 2.45) is 0 Å². The fourth-order valence-electron chi connectivity index (χ4n) is 3.28. The number of carbonyl (C=O) groups excluding carboxylic acids is 2. The van der Waals surface area contributed by atoms with Gasteiger partial charge in [-0.05, 0) is 61.4 Å². The maximum absolute atomic E-state index is 12.0. The van der Waals surface area contributed by atoms with E-state index in [2.05, 4.69) is 10.2 Å². The van der Waals surface area contributed by atoms with E-state index in [0.717, 1.165) is 18.8 Å². The molecule has 2 aromatic rings. The van der Waals surface area contributed by atoms with Gasteiger partial charge in [0.15, 0.2) is 13.2 Å². The summed E-state index contributed by atoms with van der Waals surface area (Å²) < 4.78 is 15.4. The highest BCUT2D eigenvalue weighted by atomic mass is 16.6. The Labute approximate surface area is 176 Å². The largest absolute Gasteiger partial charge is 0.497 e. The van der Waals surface area contributed by atoms with E-state index >= 15 is 0 Å². The first-order chi connectivity index (χ1) is 14.6. The summed E-state index contributed by atoms with van der Waals surface area (Å²) in [6.07, 6.45) is 5.00. The lowest BCUT2D eigenvalue weighted by atomic mass is 10.2. The molecule has 3 rings (SSSR count). The molecule has 0 aromatic heterocycles. The van der Waals surface area contributed by atoms with Gasteiger partial charge in [-0.3, -0.25) is 4.79 Å². The van der Waals surface area contributed by atoms with Crippen LogP contribution in [-0.2, 0) is 14.3 Å². The lowest BCUT2D eigenvalue weighted by Crippen LogP contribution is -2.24. The molecule has 30 heavy (non-hydrogen) atoms. The second-order valence-electron chi connectivity index (χ2n) is 7.12. The van der Waals surface area contributed by atoms with E-state index in [4.69, 9.17) is 14.2 Å². The summed E-state index contributed by atoms with van der Waals surface area (Å²) in [5.74, 6) is 0.204. The molecule has 1 heterocycles. The third kappa shape index (κ3) is 6.69. The zero-order valence-electron chi connectivity index (χ0n) is 17.3. The van der Waals surface area contributed by atoms with Gasteiger partial charge in [0.05, 0.1) is 7.11 Å². The number of hydrogen-bond acceptors (Lipinski definition) is 6. The molecule has 0 radical (unpaired) electrons. The van der Waals surface area contributed by atoms with Crippen LogP contribution in [0.2, 0.25) is 0 Å². The van der Waals surface area contributed by atoms with Gasteiger partial charge >= 0.3 is 5.97 Å². The number of benzene rings is 2. The van der Waals surface area contributed by atoms with Crippen LogP contribution in [0, 0.1) is 0 Å². The van der Waals surface area contributed by atoms with Gasteiger partial charge in [-0.2, -0.15) is 0 Å². The van der Waals surface area contributed by atoms with Crippen LogP contribution in [0.4, 0.5) is 11.4 Å². The summed E-state index contributed by atoms with van der Waals surface area (Å²) in [5.41, 5.74) is 1.83. The van der Waals surface area contributed by atoms with E-state index in [9.17, 15) is 9.59 Å². The second-order valence-corrected chi connectivity index (χ2v) is 7.12. The minimum atomic E-state index is -0.613. The van der Waals surface area contributed by atoms with E-state index in [1.165, 1.54) is 25.7 Å². The minimum absolute atomic E-state index is 0.274. The monoisotopic (exact) mass is 412 g/mol. The van der Waals surface area contributed by atoms with Gasteiger partial charge in [-0.1, -0.05) is 12.8 Å². The van der Waals surface area contributed by atoms with Crippen molar-refractivity contribution in [3.05, 3.63) is 48.5 Å². The molecule has 0 unspecified atom stereocenters. The summed E-state index contributed by atoms with van der Waals surface area (Å²) in [5, 5.41) is 2.74. The van der Waals surface area contributed by atoms with Gasteiger partial charge in [0, 0.05) is 24.5 Å². The number of amides is 1. The maximum atomic E-state index is 12.0. The number of nitrogens with one attached hydrogen (secondary N) is 1. The third-order valence-corrected chi connectivity index (χ3v) is 4.90. The van der Waals surface area contributed by atoms with E-state index in [1.54, 1.807) is 31.4 Å². The van der Waals surface area contributed by atoms with Gasteiger partial charge in [-0.25, -0.2) is 4.79 Å². The number of rotatable bonds is 8. The smallest absolute Gasteiger partial charge is 0.344 e. The molecule has 1 N–H and O–H groups in total. The fourth-order valence-corrected chi connectivity index (χ4v) is 3.28. The molecule has 0 bridgehead atoms. The van der Waals surface area contributed by atoms with E-state index in [0.29, 0.717) is 17.2 Å². The molecule has 0 atom stereocenters. The normalized spacial score (nSPS) is 13.8. The number of anilines is 2. The summed E-state index contributed by atoms with van der Waals surface area (Å²) in [7, 11) is 1.57. The van der Waals surface area contributed by atoms with Crippen LogP contribution in [0.15, 0.2) is 48.5 Å². The first-order valence-electron chi connectivity index (χ1n) is 10.2. The van der Waals surface area contributed by atoms with Gasteiger partial charge in [-0.15, -0.1) is 0 Å². The average Bonchev–Trinajstić information content (AvgIpc) is 3.07. The Morgan fingerprint density at radius 1 is 0.867 bits per heavy atom. The molecule has 1 amide bonds. The Morgan fingerprint density at radius 3 is 2.13 bits per heavy atom. The SMILES string of the molecule is COc1ccc(OCC(=O)OCC(=O)Nc2ccc(N3CCCCCC3)cc2)cc1. The molecule has 160 valence electrons.